The van der Waals surface area contributed by atoms with Gasteiger partial charge in [-0.25, -0.2) is 0 Å². The summed E-state index contributed by atoms with van der Waals surface area (Å²) >= 11 is 0. The van der Waals surface area contributed by atoms with Crippen molar-refractivity contribution in [3.8, 4) is 0 Å². The third kappa shape index (κ3) is 1.41. The Morgan fingerprint density at radius 2 is 1.54 bits per heavy atom. The molecule has 0 aliphatic carbocycles. The maximum absolute atomic E-state index is 9.08. The number of aliphatic hydroxyl groups is 2. The Labute approximate surface area is 76.1 Å². The molecular weight excluding hydrogens is 164 g/mol. The molecule has 0 aliphatic heterocycles. The molecule has 0 aliphatic rings. The summed E-state index contributed by atoms with van der Waals surface area (Å²) in [7, 11) is 0. The number of benzene rings is 2. The summed E-state index contributed by atoms with van der Waals surface area (Å²) in [6.07, 6.45) is -1.40. The summed E-state index contributed by atoms with van der Waals surface area (Å²) in [5.41, 5.74) is 0.554. The van der Waals surface area contributed by atoms with Crippen LogP contribution >= 0.6 is 0 Å². The number of hydrogen-bond acceptors (Lipinski definition) is 2. The van der Waals surface area contributed by atoms with Gasteiger partial charge in [0.25, 0.3) is 0 Å². The highest BCUT2D eigenvalue weighted by Crippen LogP contribution is 2.22. The number of aliphatic hydroxyl groups excluding tert-OH is 1. The lowest BCUT2D eigenvalue weighted by Crippen LogP contribution is -1.95. The lowest BCUT2D eigenvalue weighted by molar-refractivity contribution is -0.0413. The van der Waals surface area contributed by atoms with Crippen LogP contribution in [0, 0.1) is 0 Å². The van der Waals surface area contributed by atoms with Crippen LogP contribution in [0.1, 0.15) is 11.9 Å². The van der Waals surface area contributed by atoms with Crippen LogP contribution in [0.25, 0.3) is 10.8 Å². The molecule has 13 heavy (non-hydrogen) atoms. The fraction of sp³-hybridized carbons (Fsp3) is 0.0909. The van der Waals surface area contributed by atoms with E-state index in [0.717, 1.165) is 10.8 Å². The molecular formula is C11H10O2. The highest BCUT2D eigenvalue weighted by atomic mass is 16.5. The highest BCUT2D eigenvalue weighted by molar-refractivity contribution is 5.85. The molecule has 66 valence electrons. The average molecular weight is 174 g/mol. The van der Waals surface area contributed by atoms with Crippen LogP contribution in [0.3, 0.4) is 0 Å². The van der Waals surface area contributed by atoms with Gasteiger partial charge in [0.2, 0.25) is 0 Å². The van der Waals surface area contributed by atoms with Crippen LogP contribution in [0.15, 0.2) is 42.5 Å². The van der Waals surface area contributed by atoms with Crippen molar-refractivity contribution >= 4 is 10.8 Å². The predicted octanol–water partition coefficient (Wildman–Crippen LogP) is 1.82. The summed E-state index contributed by atoms with van der Waals surface area (Å²) in [5, 5.41) is 20.1. The monoisotopic (exact) mass is 174 g/mol. The molecule has 0 atom stereocenters. The van der Waals surface area contributed by atoms with E-state index in [1.807, 2.05) is 36.4 Å². The maximum atomic E-state index is 9.08. The van der Waals surface area contributed by atoms with Gasteiger partial charge in [0.05, 0.1) is 0 Å². The summed E-state index contributed by atoms with van der Waals surface area (Å²) in [6.45, 7) is 0. The first kappa shape index (κ1) is 8.23. The van der Waals surface area contributed by atoms with Gasteiger partial charge in [0.15, 0.2) is 6.29 Å². The Hall–Kier alpha value is -1.38. The van der Waals surface area contributed by atoms with Gasteiger partial charge in [-0.05, 0) is 10.8 Å². The van der Waals surface area contributed by atoms with Gasteiger partial charge in [-0.1, -0.05) is 42.5 Å². The summed E-state index contributed by atoms with van der Waals surface area (Å²) in [6, 6.07) is 13.1. The van der Waals surface area contributed by atoms with Crippen LogP contribution in [0.4, 0.5) is 0 Å². The SMILES string of the molecule is OC(O)c1cccc2ccccc12. The van der Waals surface area contributed by atoms with Gasteiger partial charge >= 0.3 is 0 Å². The second-order valence-corrected chi connectivity index (χ2v) is 2.94. The van der Waals surface area contributed by atoms with Crippen molar-refractivity contribution < 1.29 is 10.2 Å². The van der Waals surface area contributed by atoms with E-state index in [-0.39, 0.29) is 0 Å². The molecule has 2 aromatic carbocycles. The summed E-state index contributed by atoms with van der Waals surface area (Å²) < 4.78 is 0. The molecule has 0 amide bonds. The van der Waals surface area contributed by atoms with Gasteiger partial charge in [-0.15, -0.1) is 0 Å². The van der Waals surface area contributed by atoms with E-state index < -0.39 is 6.29 Å². The molecule has 2 N–H and O–H groups in total. The number of fused-ring (bicyclic) bond motifs is 1. The first-order valence-electron chi connectivity index (χ1n) is 4.13. The molecule has 0 bridgehead atoms. The molecule has 0 radical (unpaired) electrons. The van der Waals surface area contributed by atoms with Crippen molar-refractivity contribution in [2.24, 2.45) is 0 Å². The number of hydrogen-bond donors (Lipinski definition) is 2. The maximum Gasteiger partial charge on any atom is 0.179 e. The van der Waals surface area contributed by atoms with E-state index >= 15 is 0 Å². The van der Waals surface area contributed by atoms with E-state index in [9.17, 15) is 0 Å². The zero-order valence-corrected chi connectivity index (χ0v) is 7.01. The molecule has 0 fully saturated rings. The molecule has 2 nitrogen and oxygen atoms in total. The Balaban J connectivity index is 2.76. The molecule has 2 rings (SSSR count). The van der Waals surface area contributed by atoms with Gasteiger partial charge in [0.1, 0.15) is 0 Å². The van der Waals surface area contributed by atoms with Crippen molar-refractivity contribution in [3.05, 3.63) is 48.0 Å². The van der Waals surface area contributed by atoms with Crippen LogP contribution < -0.4 is 0 Å². The molecule has 2 heteroatoms. The quantitative estimate of drug-likeness (QED) is 0.647. The Morgan fingerprint density at radius 1 is 0.846 bits per heavy atom. The molecule has 0 unspecified atom stereocenters. The minimum absolute atomic E-state index is 0.554. The van der Waals surface area contributed by atoms with Crippen molar-refractivity contribution in [1.29, 1.82) is 0 Å². The third-order valence-corrected chi connectivity index (χ3v) is 2.10. The lowest BCUT2D eigenvalue weighted by atomic mass is 10.0. The van der Waals surface area contributed by atoms with E-state index in [0.29, 0.717) is 5.56 Å². The van der Waals surface area contributed by atoms with Crippen LogP contribution in [0.5, 0.6) is 0 Å². The van der Waals surface area contributed by atoms with Crippen molar-refractivity contribution in [3.63, 3.8) is 0 Å². The minimum Gasteiger partial charge on any atom is -0.364 e. The zero-order chi connectivity index (χ0) is 9.26. The second kappa shape index (κ2) is 3.17. The van der Waals surface area contributed by atoms with Gasteiger partial charge < -0.3 is 10.2 Å². The molecule has 0 heterocycles. The standard InChI is InChI=1S/C11H10O2/c12-11(13)10-7-3-5-8-4-1-2-6-9(8)10/h1-7,11-13H. The van der Waals surface area contributed by atoms with Gasteiger partial charge in [0, 0.05) is 5.56 Å². The zero-order valence-electron chi connectivity index (χ0n) is 7.01. The second-order valence-electron chi connectivity index (χ2n) is 2.94. The largest absolute Gasteiger partial charge is 0.364 e. The Bertz CT molecular complexity index is 416. The molecule has 0 spiro atoms. The topological polar surface area (TPSA) is 40.5 Å². The normalized spacial score (nSPS) is 11.0. The van der Waals surface area contributed by atoms with Crippen LogP contribution in [-0.4, -0.2) is 10.2 Å². The van der Waals surface area contributed by atoms with E-state index in [1.165, 1.54) is 0 Å². The van der Waals surface area contributed by atoms with Crippen LogP contribution in [0.2, 0.25) is 0 Å². The fourth-order valence-electron chi connectivity index (χ4n) is 1.48. The predicted molar refractivity (Wildman–Crippen MR) is 51.1 cm³/mol. The lowest BCUT2D eigenvalue weighted by Gasteiger charge is -2.07. The first-order chi connectivity index (χ1) is 6.29. The molecule has 2 aromatic rings. The number of rotatable bonds is 1. The first-order valence-corrected chi connectivity index (χ1v) is 4.13. The van der Waals surface area contributed by atoms with Crippen LogP contribution in [-0.2, 0) is 0 Å². The molecule has 0 saturated carbocycles. The van der Waals surface area contributed by atoms with Gasteiger partial charge in [-0.2, -0.15) is 0 Å². The average Bonchev–Trinajstić information content (AvgIpc) is 2.17. The van der Waals surface area contributed by atoms with E-state index in [2.05, 4.69) is 0 Å². The Kier molecular flexibility index (Phi) is 2.00. The molecule has 0 aromatic heterocycles. The summed E-state index contributed by atoms with van der Waals surface area (Å²) in [5.74, 6) is 0. The Morgan fingerprint density at radius 3 is 2.31 bits per heavy atom. The van der Waals surface area contributed by atoms with Crippen molar-refractivity contribution in [2.45, 2.75) is 6.29 Å². The fourth-order valence-corrected chi connectivity index (χ4v) is 1.48. The molecule has 0 saturated heterocycles. The van der Waals surface area contributed by atoms with Gasteiger partial charge in [-0.3, -0.25) is 0 Å². The van der Waals surface area contributed by atoms with E-state index in [4.69, 9.17) is 10.2 Å². The van der Waals surface area contributed by atoms with E-state index in [1.54, 1.807) is 6.07 Å². The summed E-state index contributed by atoms with van der Waals surface area (Å²) in [4.78, 5) is 0. The highest BCUT2D eigenvalue weighted by Gasteiger charge is 2.05. The van der Waals surface area contributed by atoms with Crippen molar-refractivity contribution in [2.75, 3.05) is 0 Å². The third-order valence-electron chi connectivity index (χ3n) is 2.10. The van der Waals surface area contributed by atoms with Crippen molar-refractivity contribution in [1.82, 2.24) is 0 Å². The smallest absolute Gasteiger partial charge is 0.179 e. The minimum atomic E-state index is -1.40.